The standard InChI is InChI=1S/C12H6ClN5O2S2/c13-7-5-6(18-9(19)3-4-10(18)20)1-2-8(7)14-15-11-16-17-12(21)22-11/h1-5H,(H,17,21). The molecule has 1 aliphatic rings. The number of H-pyrrole nitrogens is 1. The zero-order chi connectivity index (χ0) is 15.7. The van der Waals surface area contributed by atoms with E-state index in [4.69, 9.17) is 23.8 Å². The average Bonchev–Trinajstić information content (AvgIpc) is 3.04. The van der Waals surface area contributed by atoms with E-state index >= 15 is 0 Å². The van der Waals surface area contributed by atoms with Crippen molar-refractivity contribution in [3.05, 3.63) is 39.3 Å². The Hall–Kier alpha value is -2.23. The number of carbonyl (C=O) groups is 2. The highest BCUT2D eigenvalue weighted by molar-refractivity contribution is 7.73. The van der Waals surface area contributed by atoms with Gasteiger partial charge in [-0.3, -0.25) is 14.7 Å². The van der Waals surface area contributed by atoms with Crippen LogP contribution >= 0.6 is 35.2 Å². The Bertz CT molecular complexity index is 868. The molecule has 10 heteroatoms. The van der Waals surface area contributed by atoms with Gasteiger partial charge in [0.15, 0.2) is 3.95 Å². The van der Waals surface area contributed by atoms with E-state index in [0.717, 1.165) is 4.90 Å². The molecule has 110 valence electrons. The number of hydrogen-bond acceptors (Lipinski definition) is 7. The predicted molar refractivity (Wildman–Crippen MR) is 84.6 cm³/mol. The molecule has 0 bridgehead atoms. The Morgan fingerprint density at radius 3 is 2.55 bits per heavy atom. The van der Waals surface area contributed by atoms with Crippen molar-refractivity contribution in [1.29, 1.82) is 0 Å². The van der Waals surface area contributed by atoms with Crippen molar-refractivity contribution >= 4 is 63.5 Å². The molecule has 0 radical (unpaired) electrons. The first kappa shape index (κ1) is 14.7. The van der Waals surface area contributed by atoms with Gasteiger partial charge in [0.05, 0.1) is 10.7 Å². The van der Waals surface area contributed by atoms with E-state index in [-0.39, 0.29) is 5.02 Å². The highest BCUT2D eigenvalue weighted by atomic mass is 35.5. The Morgan fingerprint density at radius 1 is 1.23 bits per heavy atom. The molecule has 1 N–H and O–H groups in total. The fourth-order valence-corrected chi connectivity index (χ4v) is 2.64. The lowest BCUT2D eigenvalue weighted by molar-refractivity contribution is -0.119. The first-order valence-corrected chi connectivity index (χ1v) is 7.48. The lowest BCUT2D eigenvalue weighted by atomic mass is 10.2. The number of halogens is 1. The maximum Gasteiger partial charge on any atom is 0.258 e. The maximum atomic E-state index is 11.6. The van der Waals surface area contributed by atoms with Crippen molar-refractivity contribution in [2.45, 2.75) is 0 Å². The number of aromatic amines is 1. The fourth-order valence-electron chi connectivity index (χ4n) is 1.73. The molecule has 0 unspecified atom stereocenters. The number of hydrogen-bond donors (Lipinski definition) is 1. The molecule has 2 amide bonds. The van der Waals surface area contributed by atoms with Crippen LogP contribution in [0.1, 0.15) is 0 Å². The van der Waals surface area contributed by atoms with Gasteiger partial charge in [-0.25, -0.2) is 4.90 Å². The Kier molecular flexibility index (Phi) is 3.92. The monoisotopic (exact) mass is 351 g/mol. The van der Waals surface area contributed by atoms with Gasteiger partial charge in [0, 0.05) is 12.2 Å². The molecule has 0 spiro atoms. The van der Waals surface area contributed by atoms with E-state index in [2.05, 4.69) is 20.4 Å². The Morgan fingerprint density at radius 2 is 1.95 bits per heavy atom. The number of imide groups is 1. The van der Waals surface area contributed by atoms with Gasteiger partial charge in [-0.05, 0) is 30.4 Å². The van der Waals surface area contributed by atoms with Crippen LogP contribution in [-0.4, -0.2) is 22.0 Å². The SMILES string of the molecule is O=C1C=CC(=O)N1c1ccc(N=Nc2n[nH]c(=S)s2)c(Cl)c1. The summed E-state index contributed by atoms with van der Waals surface area (Å²) in [6.45, 7) is 0. The summed E-state index contributed by atoms with van der Waals surface area (Å²) in [5.74, 6) is -0.821. The minimum Gasteiger partial charge on any atom is -0.269 e. The topological polar surface area (TPSA) is 90.8 Å². The fraction of sp³-hybridized carbons (Fsp3) is 0. The second kappa shape index (κ2) is 5.87. The van der Waals surface area contributed by atoms with E-state index in [0.29, 0.717) is 20.5 Å². The number of aromatic nitrogens is 2. The molecule has 0 saturated carbocycles. The molecule has 3 rings (SSSR count). The number of azo groups is 1. The van der Waals surface area contributed by atoms with Gasteiger partial charge in [-0.1, -0.05) is 22.9 Å². The first-order chi connectivity index (χ1) is 10.5. The lowest BCUT2D eigenvalue weighted by Crippen LogP contribution is -2.29. The average molecular weight is 352 g/mol. The smallest absolute Gasteiger partial charge is 0.258 e. The molecular weight excluding hydrogens is 346 g/mol. The molecule has 0 saturated heterocycles. The van der Waals surface area contributed by atoms with Crippen molar-refractivity contribution in [3.8, 4) is 0 Å². The Labute approximate surface area is 137 Å². The molecular formula is C12H6ClN5O2S2. The lowest BCUT2D eigenvalue weighted by Gasteiger charge is -2.14. The van der Waals surface area contributed by atoms with E-state index in [9.17, 15) is 9.59 Å². The second-order valence-electron chi connectivity index (χ2n) is 4.08. The van der Waals surface area contributed by atoms with Crippen molar-refractivity contribution < 1.29 is 9.59 Å². The molecule has 1 aromatic carbocycles. The normalized spacial score (nSPS) is 14.5. The molecule has 1 aromatic heterocycles. The highest BCUT2D eigenvalue weighted by Gasteiger charge is 2.25. The van der Waals surface area contributed by atoms with Gasteiger partial charge in [0.1, 0.15) is 5.69 Å². The summed E-state index contributed by atoms with van der Waals surface area (Å²) >= 11 is 12.2. The van der Waals surface area contributed by atoms with Crippen LogP contribution in [-0.2, 0) is 9.59 Å². The van der Waals surface area contributed by atoms with E-state index < -0.39 is 11.8 Å². The van der Waals surface area contributed by atoms with Crippen LogP contribution < -0.4 is 4.90 Å². The van der Waals surface area contributed by atoms with E-state index in [1.807, 2.05) is 0 Å². The number of amides is 2. The summed E-state index contributed by atoms with van der Waals surface area (Å²) in [5.41, 5.74) is 0.762. The number of nitrogens with one attached hydrogen (secondary N) is 1. The molecule has 0 aliphatic carbocycles. The van der Waals surface area contributed by atoms with Crippen molar-refractivity contribution in [1.82, 2.24) is 10.2 Å². The number of anilines is 1. The first-order valence-electron chi connectivity index (χ1n) is 5.87. The Balaban J connectivity index is 1.86. The summed E-state index contributed by atoms with van der Waals surface area (Å²) in [7, 11) is 0. The summed E-state index contributed by atoms with van der Waals surface area (Å²) in [5, 5.41) is 14.9. The zero-order valence-corrected chi connectivity index (χ0v) is 13.1. The van der Waals surface area contributed by atoms with E-state index in [1.54, 1.807) is 12.1 Å². The van der Waals surface area contributed by atoms with Gasteiger partial charge in [-0.2, -0.15) is 0 Å². The third kappa shape index (κ3) is 2.86. The van der Waals surface area contributed by atoms with Crippen LogP contribution in [0.4, 0.5) is 16.5 Å². The quantitative estimate of drug-likeness (QED) is 0.518. The number of benzene rings is 1. The van der Waals surface area contributed by atoms with Crippen LogP contribution in [0.15, 0.2) is 40.6 Å². The van der Waals surface area contributed by atoms with Crippen molar-refractivity contribution in [3.63, 3.8) is 0 Å². The van der Waals surface area contributed by atoms with Crippen LogP contribution in [0.25, 0.3) is 0 Å². The molecule has 2 heterocycles. The van der Waals surface area contributed by atoms with Crippen molar-refractivity contribution in [2.24, 2.45) is 10.2 Å². The van der Waals surface area contributed by atoms with Gasteiger partial charge >= 0.3 is 0 Å². The zero-order valence-electron chi connectivity index (χ0n) is 10.7. The molecule has 1 aliphatic heterocycles. The summed E-state index contributed by atoms with van der Waals surface area (Å²) in [6.07, 6.45) is 2.41. The van der Waals surface area contributed by atoms with Gasteiger partial charge in [0.25, 0.3) is 11.8 Å². The summed E-state index contributed by atoms with van der Waals surface area (Å²) < 4.78 is 0.494. The predicted octanol–water partition coefficient (Wildman–Crippen LogP) is 3.70. The van der Waals surface area contributed by atoms with Crippen LogP contribution in [0.3, 0.4) is 0 Å². The highest BCUT2D eigenvalue weighted by Crippen LogP contribution is 2.32. The minimum absolute atomic E-state index is 0.257. The van der Waals surface area contributed by atoms with Crippen LogP contribution in [0.5, 0.6) is 0 Å². The minimum atomic E-state index is -0.410. The summed E-state index contributed by atoms with van der Waals surface area (Å²) in [4.78, 5) is 24.2. The van der Waals surface area contributed by atoms with Gasteiger partial charge in [-0.15, -0.1) is 15.3 Å². The number of carbonyl (C=O) groups excluding carboxylic acids is 2. The van der Waals surface area contributed by atoms with E-state index in [1.165, 1.54) is 29.6 Å². The third-order valence-corrected chi connectivity index (χ3v) is 3.95. The number of rotatable bonds is 3. The molecule has 0 fully saturated rings. The number of nitrogens with zero attached hydrogens (tertiary/aromatic N) is 4. The maximum absolute atomic E-state index is 11.6. The molecule has 7 nitrogen and oxygen atoms in total. The van der Waals surface area contributed by atoms with Gasteiger partial charge in [0.2, 0.25) is 5.13 Å². The van der Waals surface area contributed by atoms with Crippen LogP contribution in [0.2, 0.25) is 5.02 Å². The van der Waals surface area contributed by atoms with Crippen molar-refractivity contribution in [2.75, 3.05) is 4.90 Å². The largest absolute Gasteiger partial charge is 0.269 e. The molecule has 22 heavy (non-hydrogen) atoms. The third-order valence-electron chi connectivity index (χ3n) is 2.67. The van der Waals surface area contributed by atoms with Crippen LogP contribution in [0, 0.1) is 3.95 Å². The summed E-state index contributed by atoms with van der Waals surface area (Å²) in [6, 6.07) is 4.60. The molecule has 2 aromatic rings. The second-order valence-corrected chi connectivity index (χ2v) is 6.13. The van der Waals surface area contributed by atoms with Gasteiger partial charge < -0.3 is 0 Å². The molecule has 0 atom stereocenters.